The molecule has 5 nitrogen and oxygen atoms in total. The van der Waals surface area contributed by atoms with Gasteiger partial charge in [0.2, 0.25) is 0 Å². The highest BCUT2D eigenvalue weighted by atomic mass is 32.2. The number of carbonyl (C=O) groups is 1. The molecule has 0 saturated heterocycles. The lowest BCUT2D eigenvalue weighted by molar-refractivity contribution is 0.0993. The van der Waals surface area contributed by atoms with E-state index < -0.39 is 9.84 Å². The van der Waals surface area contributed by atoms with Crippen molar-refractivity contribution in [1.82, 2.24) is 5.32 Å². The number of benzene rings is 1. The van der Waals surface area contributed by atoms with Gasteiger partial charge in [-0.05, 0) is 25.2 Å². The molecule has 0 aliphatic carbocycles. The van der Waals surface area contributed by atoms with E-state index in [2.05, 4.69) is 5.32 Å². The number of ketones is 1. The number of sulfone groups is 1. The van der Waals surface area contributed by atoms with E-state index in [1.165, 1.54) is 19.2 Å². The highest BCUT2D eigenvalue weighted by Gasteiger charge is 2.16. The van der Waals surface area contributed by atoms with E-state index in [9.17, 15) is 13.2 Å². The topological polar surface area (TPSA) is 72.5 Å². The van der Waals surface area contributed by atoms with Crippen molar-refractivity contribution in [1.29, 1.82) is 0 Å². The molecule has 0 fully saturated rings. The monoisotopic (exact) mass is 257 g/mol. The molecule has 1 N–H and O–H groups in total. The molecule has 17 heavy (non-hydrogen) atoms. The van der Waals surface area contributed by atoms with E-state index in [0.29, 0.717) is 5.56 Å². The normalized spacial score (nSPS) is 11.2. The third kappa shape index (κ3) is 3.28. The van der Waals surface area contributed by atoms with Gasteiger partial charge < -0.3 is 10.1 Å². The van der Waals surface area contributed by atoms with Crippen molar-refractivity contribution in [2.24, 2.45) is 0 Å². The fourth-order valence-electron chi connectivity index (χ4n) is 1.40. The maximum absolute atomic E-state index is 11.6. The van der Waals surface area contributed by atoms with Crippen molar-refractivity contribution < 1.29 is 17.9 Å². The number of rotatable bonds is 5. The van der Waals surface area contributed by atoms with Crippen LogP contribution in [0.15, 0.2) is 23.1 Å². The van der Waals surface area contributed by atoms with E-state index in [-0.39, 0.29) is 23.0 Å². The highest BCUT2D eigenvalue weighted by Crippen LogP contribution is 2.24. The summed E-state index contributed by atoms with van der Waals surface area (Å²) in [5.74, 6) is 0.0774. The van der Waals surface area contributed by atoms with Gasteiger partial charge in [-0.15, -0.1) is 0 Å². The Bertz CT molecular complexity index is 522. The van der Waals surface area contributed by atoms with Crippen LogP contribution in [0.4, 0.5) is 0 Å². The summed E-state index contributed by atoms with van der Waals surface area (Å²) in [4.78, 5) is 11.7. The zero-order chi connectivity index (χ0) is 13.1. The summed E-state index contributed by atoms with van der Waals surface area (Å²) < 4.78 is 28.0. The van der Waals surface area contributed by atoms with E-state index >= 15 is 0 Å². The third-order valence-electron chi connectivity index (χ3n) is 2.22. The SMILES string of the molecule is CNCC(=O)c1ccc(OC)c(S(C)(=O)=O)c1. The Morgan fingerprint density at radius 1 is 1.41 bits per heavy atom. The number of ether oxygens (including phenoxy) is 1. The van der Waals surface area contributed by atoms with Crippen LogP contribution in [0.2, 0.25) is 0 Å². The molecule has 0 amide bonds. The van der Waals surface area contributed by atoms with Gasteiger partial charge in [-0.3, -0.25) is 4.79 Å². The number of Topliss-reactive ketones (excluding diaryl/α,β-unsaturated/α-hetero) is 1. The minimum absolute atomic E-state index is 0.0296. The second kappa shape index (κ2) is 5.29. The summed E-state index contributed by atoms with van der Waals surface area (Å²) in [5, 5.41) is 2.72. The molecule has 1 aromatic carbocycles. The Balaban J connectivity index is 3.28. The van der Waals surface area contributed by atoms with E-state index in [1.54, 1.807) is 13.1 Å². The maximum atomic E-state index is 11.6. The van der Waals surface area contributed by atoms with Gasteiger partial charge in [-0.25, -0.2) is 8.42 Å². The lowest BCUT2D eigenvalue weighted by Gasteiger charge is -2.08. The molecule has 0 bridgehead atoms. The number of carbonyl (C=O) groups excluding carboxylic acids is 1. The molecular formula is C11H15NO4S. The predicted molar refractivity (Wildman–Crippen MR) is 64.4 cm³/mol. The quantitative estimate of drug-likeness (QED) is 0.778. The van der Waals surface area contributed by atoms with Crippen LogP contribution in [0.1, 0.15) is 10.4 Å². The second-order valence-corrected chi connectivity index (χ2v) is 5.58. The number of nitrogens with one attached hydrogen (secondary N) is 1. The molecule has 0 saturated carbocycles. The molecule has 6 heteroatoms. The molecule has 0 aromatic heterocycles. The first kappa shape index (κ1) is 13.7. The average Bonchev–Trinajstić information content (AvgIpc) is 2.27. The van der Waals surface area contributed by atoms with Gasteiger partial charge in [-0.2, -0.15) is 0 Å². The number of likely N-dealkylation sites (N-methyl/N-ethyl adjacent to an activating group) is 1. The number of methoxy groups -OCH3 is 1. The minimum atomic E-state index is -3.41. The number of hydrogen-bond acceptors (Lipinski definition) is 5. The van der Waals surface area contributed by atoms with Crippen LogP contribution in [0.5, 0.6) is 5.75 Å². The fraction of sp³-hybridized carbons (Fsp3) is 0.364. The molecule has 94 valence electrons. The average molecular weight is 257 g/mol. The molecule has 1 rings (SSSR count). The summed E-state index contributed by atoms with van der Waals surface area (Å²) in [5.41, 5.74) is 0.348. The minimum Gasteiger partial charge on any atom is -0.495 e. The summed E-state index contributed by atoms with van der Waals surface area (Å²) in [7, 11) is -0.374. The summed E-state index contributed by atoms with van der Waals surface area (Å²) in [6, 6.07) is 4.38. The van der Waals surface area contributed by atoms with Gasteiger partial charge in [0.25, 0.3) is 0 Å². The third-order valence-corrected chi connectivity index (χ3v) is 3.34. The molecule has 0 aliphatic rings. The molecule has 0 aliphatic heterocycles. The first-order valence-electron chi connectivity index (χ1n) is 4.96. The van der Waals surface area contributed by atoms with Crippen LogP contribution in [0, 0.1) is 0 Å². The highest BCUT2D eigenvalue weighted by molar-refractivity contribution is 7.90. The van der Waals surface area contributed by atoms with E-state index in [4.69, 9.17) is 4.74 Å². The van der Waals surface area contributed by atoms with Crippen molar-refractivity contribution in [3.05, 3.63) is 23.8 Å². The van der Waals surface area contributed by atoms with Crippen LogP contribution < -0.4 is 10.1 Å². The molecule has 0 spiro atoms. The van der Waals surface area contributed by atoms with Crippen LogP contribution in [-0.4, -0.2) is 41.2 Å². The van der Waals surface area contributed by atoms with Crippen LogP contribution in [-0.2, 0) is 9.84 Å². The van der Waals surface area contributed by atoms with Gasteiger partial charge in [-0.1, -0.05) is 0 Å². The van der Waals surface area contributed by atoms with Crippen LogP contribution >= 0.6 is 0 Å². The van der Waals surface area contributed by atoms with E-state index in [1.807, 2.05) is 0 Å². The standard InChI is InChI=1S/C11H15NO4S/c1-12-7-9(13)8-4-5-10(16-2)11(6-8)17(3,14)15/h4-6,12H,7H2,1-3H3. The van der Waals surface area contributed by atoms with Gasteiger partial charge in [0, 0.05) is 11.8 Å². The Kier molecular flexibility index (Phi) is 4.25. The second-order valence-electron chi connectivity index (χ2n) is 3.59. The maximum Gasteiger partial charge on any atom is 0.179 e. The fourth-order valence-corrected chi connectivity index (χ4v) is 2.26. The van der Waals surface area contributed by atoms with Gasteiger partial charge >= 0.3 is 0 Å². The van der Waals surface area contributed by atoms with Gasteiger partial charge in [0.1, 0.15) is 10.6 Å². The lowest BCUT2D eigenvalue weighted by atomic mass is 10.1. The van der Waals surface area contributed by atoms with Crippen LogP contribution in [0.3, 0.4) is 0 Å². The molecule has 0 heterocycles. The van der Waals surface area contributed by atoms with Crippen molar-refractivity contribution in [2.45, 2.75) is 4.90 Å². The van der Waals surface area contributed by atoms with Gasteiger partial charge in [0.15, 0.2) is 15.6 Å². The predicted octanol–water partition coefficient (Wildman–Crippen LogP) is 0.501. The summed E-state index contributed by atoms with van der Waals surface area (Å²) in [6.07, 6.45) is 1.08. The van der Waals surface area contributed by atoms with Crippen molar-refractivity contribution >= 4 is 15.6 Å². The lowest BCUT2D eigenvalue weighted by Crippen LogP contribution is -2.18. The molecule has 0 unspecified atom stereocenters. The zero-order valence-electron chi connectivity index (χ0n) is 9.98. The largest absolute Gasteiger partial charge is 0.495 e. The Hall–Kier alpha value is -1.40. The van der Waals surface area contributed by atoms with E-state index in [0.717, 1.165) is 6.26 Å². The zero-order valence-corrected chi connectivity index (χ0v) is 10.8. The van der Waals surface area contributed by atoms with Crippen LogP contribution in [0.25, 0.3) is 0 Å². The molecular weight excluding hydrogens is 242 g/mol. The number of hydrogen-bond donors (Lipinski definition) is 1. The Morgan fingerprint density at radius 3 is 2.53 bits per heavy atom. The molecule has 0 radical (unpaired) electrons. The first-order valence-corrected chi connectivity index (χ1v) is 6.85. The first-order chi connectivity index (χ1) is 7.90. The Labute approximate surface area is 101 Å². The Morgan fingerprint density at radius 2 is 2.06 bits per heavy atom. The van der Waals surface area contributed by atoms with Crippen molar-refractivity contribution in [3.8, 4) is 5.75 Å². The summed E-state index contributed by atoms with van der Waals surface area (Å²) in [6.45, 7) is 0.162. The van der Waals surface area contributed by atoms with Gasteiger partial charge in [0.05, 0.1) is 13.7 Å². The molecule has 0 atom stereocenters. The smallest absolute Gasteiger partial charge is 0.179 e. The van der Waals surface area contributed by atoms with Crippen molar-refractivity contribution in [2.75, 3.05) is 27.0 Å². The van der Waals surface area contributed by atoms with Crippen molar-refractivity contribution in [3.63, 3.8) is 0 Å². The molecule has 1 aromatic rings. The summed E-state index contributed by atoms with van der Waals surface area (Å²) >= 11 is 0.